The first-order valence-corrected chi connectivity index (χ1v) is 8.92. The Morgan fingerprint density at radius 2 is 1.62 bits per heavy atom. The Morgan fingerprint density at radius 1 is 0.962 bits per heavy atom. The molecular formula is C21H25ClO4. The number of carbonyl (C=O) groups is 1. The number of carbonyl (C=O) groups excluding carboxylic acids is 1. The van der Waals surface area contributed by atoms with Crippen LogP contribution in [0.4, 0.5) is 0 Å². The first-order chi connectivity index (χ1) is 12.3. The van der Waals surface area contributed by atoms with E-state index in [-0.39, 0.29) is 5.41 Å². The predicted octanol–water partition coefficient (Wildman–Crippen LogP) is 5.31. The first-order valence-electron chi connectivity index (χ1n) is 8.54. The van der Waals surface area contributed by atoms with Crippen molar-refractivity contribution in [2.45, 2.75) is 32.6 Å². The second kappa shape index (κ2) is 8.95. The fourth-order valence-corrected chi connectivity index (χ4v) is 2.62. The van der Waals surface area contributed by atoms with Gasteiger partial charge in [0, 0.05) is 12.0 Å². The van der Waals surface area contributed by atoms with Gasteiger partial charge in [-0.1, -0.05) is 38.4 Å². The van der Waals surface area contributed by atoms with E-state index in [0.717, 1.165) is 6.29 Å². The van der Waals surface area contributed by atoms with Gasteiger partial charge < -0.3 is 14.2 Å². The SMILES string of the molecule is COc1cc(C=O)ccc1OCCCOc1ccc(C(C)(C)C)cc1Cl. The number of hydrogen-bond acceptors (Lipinski definition) is 4. The minimum absolute atomic E-state index is 0.0501. The molecule has 26 heavy (non-hydrogen) atoms. The van der Waals surface area contributed by atoms with Gasteiger partial charge in [-0.15, -0.1) is 0 Å². The van der Waals surface area contributed by atoms with Crippen LogP contribution in [0.5, 0.6) is 17.2 Å². The molecule has 2 aromatic rings. The van der Waals surface area contributed by atoms with Crippen LogP contribution in [0.15, 0.2) is 36.4 Å². The number of hydrogen-bond donors (Lipinski definition) is 0. The number of rotatable bonds is 8. The summed E-state index contributed by atoms with van der Waals surface area (Å²) in [5, 5.41) is 0.615. The summed E-state index contributed by atoms with van der Waals surface area (Å²) < 4.78 is 16.7. The number of benzene rings is 2. The molecular weight excluding hydrogens is 352 g/mol. The molecule has 0 saturated carbocycles. The molecule has 0 aliphatic rings. The molecule has 0 aliphatic carbocycles. The van der Waals surface area contributed by atoms with Crippen LogP contribution in [0.2, 0.25) is 5.02 Å². The monoisotopic (exact) mass is 376 g/mol. The third kappa shape index (κ3) is 5.40. The Hall–Kier alpha value is -2.20. The summed E-state index contributed by atoms with van der Waals surface area (Å²) in [5.74, 6) is 1.81. The summed E-state index contributed by atoms with van der Waals surface area (Å²) in [7, 11) is 1.54. The number of methoxy groups -OCH3 is 1. The predicted molar refractivity (Wildman–Crippen MR) is 104 cm³/mol. The van der Waals surface area contributed by atoms with Gasteiger partial charge in [0.2, 0.25) is 0 Å². The number of halogens is 1. The van der Waals surface area contributed by atoms with Gasteiger partial charge in [-0.3, -0.25) is 4.79 Å². The van der Waals surface area contributed by atoms with Crippen LogP contribution in [-0.2, 0) is 5.41 Å². The van der Waals surface area contributed by atoms with Gasteiger partial charge in [-0.25, -0.2) is 0 Å². The maximum absolute atomic E-state index is 10.8. The van der Waals surface area contributed by atoms with E-state index in [1.54, 1.807) is 25.3 Å². The molecule has 4 nitrogen and oxygen atoms in total. The topological polar surface area (TPSA) is 44.8 Å². The molecule has 0 heterocycles. The highest BCUT2D eigenvalue weighted by Crippen LogP contribution is 2.31. The molecule has 0 atom stereocenters. The molecule has 140 valence electrons. The highest BCUT2D eigenvalue weighted by atomic mass is 35.5. The van der Waals surface area contributed by atoms with Crippen LogP contribution >= 0.6 is 11.6 Å². The zero-order chi connectivity index (χ0) is 19.2. The highest BCUT2D eigenvalue weighted by molar-refractivity contribution is 6.32. The van der Waals surface area contributed by atoms with Crippen molar-refractivity contribution >= 4 is 17.9 Å². The van der Waals surface area contributed by atoms with Gasteiger partial charge in [-0.05, 0) is 41.3 Å². The lowest BCUT2D eigenvalue weighted by Crippen LogP contribution is -2.11. The van der Waals surface area contributed by atoms with Crippen molar-refractivity contribution in [1.82, 2.24) is 0 Å². The van der Waals surface area contributed by atoms with Crippen molar-refractivity contribution in [2.75, 3.05) is 20.3 Å². The molecule has 0 fully saturated rings. The normalized spacial score (nSPS) is 11.1. The molecule has 5 heteroatoms. The number of ether oxygens (including phenoxy) is 3. The molecule has 0 unspecified atom stereocenters. The van der Waals surface area contributed by atoms with Crippen LogP contribution < -0.4 is 14.2 Å². The molecule has 0 aromatic heterocycles. The minimum Gasteiger partial charge on any atom is -0.493 e. The van der Waals surface area contributed by atoms with Crippen molar-refractivity contribution in [3.05, 3.63) is 52.5 Å². The summed E-state index contributed by atoms with van der Waals surface area (Å²) in [6.07, 6.45) is 1.46. The largest absolute Gasteiger partial charge is 0.493 e. The van der Waals surface area contributed by atoms with E-state index in [1.807, 2.05) is 18.2 Å². The maximum atomic E-state index is 10.8. The van der Waals surface area contributed by atoms with E-state index in [1.165, 1.54) is 5.56 Å². The van der Waals surface area contributed by atoms with Gasteiger partial charge in [-0.2, -0.15) is 0 Å². The second-order valence-electron chi connectivity index (χ2n) is 6.97. The smallest absolute Gasteiger partial charge is 0.161 e. The molecule has 0 bridgehead atoms. The van der Waals surface area contributed by atoms with E-state index in [9.17, 15) is 4.79 Å². The van der Waals surface area contributed by atoms with E-state index < -0.39 is 0 Å². The summed E-state index contributed by atoms with van der Waals surface area (Å²) in [4.78, 5) is 10.8. The average molecular weight is 377 g/mol. The summed E-state index contributed by atoms with van der Waals surface area (Å²) in [6.45, 7) is 7.39. The molecule has 0 spiro atoms. The van der Waals surface area contributed by atoms with Crippen molar-refractivity contribution < 1.29 is 19.0 Å². The van der Waals surface area contributed by atoms with Gasteiger partial charge in [0.15, 0.2) is 11.5 Å². The first kappa shape index (κ1) is 20.1. The molecule has 2 aromatic carbocycles. The lowest BCUT2D eigenvalue weighted by atomic mass is 9.87. The van der Waals surface area contributed by atoms with Gasteiger partial charge >= 0.3 is 0 Å². The minimum atomic E-state index is 0.0501. The van der Waals surface area contributed by atoms with Crippen LogP contribution in [0.25, 0.3) is 0 Å². The Balaban J connectivity index is 1.83. The Bertz CT molecular complexity index is 750. The summed E-state index contributed by atoms with van der Waals surface area (Å²) >= 11 is 6.31. The highest BCUT2D eigenvalue weighted by Gasteiger charge is 2.15. The zero-order valence-electron chi connectivity index (χ0n) is 15.7. The summed E-state index contributed by atoms with van der Waals surface area (Å²) in [6, 6.07) is 11.0. The molecule has 0 amide bonds. The van der Waals surface area contributed by atoms with Crippen LogP contribution in [-0.4, -0.2) is 26.6 Å². The van der Waals surface area contributed by atoms with Crippen LogP contribution in [0.3, 0.4) is 0 Å². The second-order valence-corrected chi connectivity index (χ2v) is 7.38. The Morgan fingerprint density at radius 3 is 2.19 bits per heavy atom. The number of aldehydes is 1. The van der Waals surface area contributed by atoms with Gasteiger partial charge in [0.25, 0.3) is 0 Å². The van der Waals surface area contributed by atoms with E-state index in [4.69, 9.17) is 25.8 Å². The molecule has 0 radical (unpaired) electrons. The van der Waals surface area contributed by atoms with E-state index >= 15 is 0 Å². The third-order valence-electron chi connectivity index (χ3n) is 3.93. The Labute approximate surface area is 160 Å². The van der Waals surface area contributed by atoms with Crippen molar-refractivity contribution in [2.24, 2.45) is 0 Å². The fourth-order valence-electron chi connectivity index (χ4n) is 2.38. The molecule has 0 aliphatic heterocycles. The molecule has 2 rings (SSSR count). The van der Waals surface area contributed by atoms with Crippen LogP contribution in [0.1, 0.15) is 43.1 Å². The Kier molecular flexibility index (Phi) is 6.92. The standard InChI is InChI=1S/C21H25ClO4/c1-21(2,3)16-7-9-18(17(22)13-16)25-10-5-11-26-19-8-6-15(14-23)12-20(19)24-4/h6-9,12-14H,5,10-11H2,1-4H3. The van der Waals surface area contributed by atoms with E-state index in [0.29, 0.717) is 47.5 Å². The lowest BCUT2D eigenvalue weighted by Gasteiger charge is -2.20. The van der Waals surface area contributed by atoms with Gasteiger partial charge in [0.05, 0.1) is 25.3 Å². The average Bonchev–Trinajstić information content (AvgIpc) is 2.61. The molecule has 0 saturated heterocycles. The zero-order valence-corrected chi connectivity index (χ0v) is 16.4. The van der Waals surface area contributed by atoms with Crippen molar-refractivity contribution in [3.8, 4) is 17.2 Å². The van der Waals surface area contributed by atoms with Crippen molar-refractivity contribution in [3.63, 3.8) is 0 Å². The summed E-state index contributed by atoms with van der Waals surface area (Å²) in [5.41, 5.74) is 1.77. The third-order valence-corrected chi connectivity index (χ3v) is 4.22. The van der Waals surface area contributed by atoms with E-state index in [2.05, 4.69) is 20.8 Å². The van der Waals surface area contributed by atoms with Crippen LogP contribution in [0, 0.1) is 0 Å². The van der Waals surface area contributed by atoms with Gasteiger partial charge in [0.1, 0.15) is 12.0 Å². The fraction of sp³-hybridized carbons (Fsp3) is 0.381. The van der Waals surface area contributed by atoms with Crippen molar-refractivity contribution in [1.29, 1.82) is 0 Å². The maximum Gasteiger partial charge on any atom is 0.161 e. The molecule has 0 N–H and O–H groups in total. The lowest BCUT2D eigenvalue weighted by molar-refractivity contribution is 0.112. The quantitative estimate of drug-likeness (QED) is 0.462.